The molecule has 0 bridgehead atoms. The predicted molar refractivity (Wildman–Crippen MR) is 104 cm³/mol. The Morgan fingerprint density at radius 3 is 2.42 bits per heavy atom. The first-order chi connectivity index (χ1) is 12.0. The van der Waals surface area contributed by atoms with E-state index in [-0.39, 0.29) is 12.1 Å². The zero-order chi connectivity index (χ0) is 19.5. The summed E-state index contributed by atoms with van der Waals surface area (Å²) in [5, 5.41) is 0. The summed E-state index contributed by atoms with van der Waals surface area (Å²) in [5.74, 6) is -0.259. The molecule has 1 atom stereocenters. The van der Waals surface area contributed by atoms with Crippen molar-refractivity contribution in [3.05, 3.63) is 63.9 Å². The van der Waals surface area contributed by atoms with Crippen molar-refractivity contribution in [1.82, 2.24) is 4.31 Å². The highest BCUT2D eigenvalue weighted by Crippen LogP contribution is 2.27. The summed E-state index contributed by atoms with van der Waals surface area (Å²) >= 11 is 3.26. The van der Waals surface area contributed by atoms with Crippen LogP contribution in [0.1, 0.15) is 18.1 Å². The number of nitrogens with two attached hydrogens (primary N) is 1. The zero-order valence-corrected chi connectivity index (χ0v) is 17.3. The summed E-state index contributed by atoms with van der Waals surface area (Å²) in [7, 11) is -0.671. The van der Waals surface area contributed by atoms with Crippen LogP contribution in [0.25, 0.3) is 0 Å². The highest BCUT2D eigenvalue weighted by atomic mass is 79.9. The molecule has 0 aliphatic rings. The van der Waals surface area contributed by atoms with Crippen molar-refractivity contribution in [1.29, 1.82) is 0 Å². The van der Waals surface area contributed by atoms with Crippen LogP contribution in [-0.4, -0.2) is 32.6 Å². The van der Waals surface area contributed by atoms with Crippen molar-refractivity contribution >= 4 is 26.0 Å². The normalized spacial score (nSPS) is 14.3. The second kappa shape index (κ2) is 8.04. The highest BCUT2D eigenvalue weighted by Gasteiger charge is 2.33. The maximum Gasteiger partial charge on any atom is 0.216 e. The molecule has 0 aliphatic heterocycles. The first-order valence-corrected chi connectivity index (χ1v) is 10.3. The van der Waals surface area contributed by atoms with Crippen LogP contribution in [0.2, 0.25) is 0 Å². The lowest BCUT2D eigenvalue weighted by Crippen LogP contribution is -2.45. The number of methoxy groups -OCH3 is 1. The molecule has 2 N–H and O–H groups in total. The number of sulfonamides is 1. The lowest BCUT2D eigenvalue weighted by Gasteiger charge is -2.28. The largest absolute Gasteiger partial charge is 0.497 e. The Morgan fingerprint density at radius 1 is 1.23 bits per heavy atom. The summed E-state index contributed by atoms with van der Waals surface area (Å²) in [4.78, 5) is 0. The number of nitrogens with zero attached hydrogens (tertiary/aromatic N) is 1. The molecule has 2 rings (SSSR count). The van der Waals surface area contributed by atoms with Crippen molar-refractivity contribution in [2.45, 2.75) is 19.0 Å². The molecule has 0 saturated heterocycles. The summed E-state index contributed by atoms with van der Waals surface area (Å²) in [6.45, 7) is 1.69. The van der Waals surface area contributed by atoms with E-state index in [2.05, 4.69) is 15.9 Å². The Morgan fingerprint density at radius 2 is 1.85 bits per heavy atom. The number of hydrogen-bond acceptors (Lipinski definition) is 4. The van der Waals surface area contributed by atoms with Crippen LogP contribution < -0.4 is 10.5 Å². The van der Waals surface area contributed by atoms with Gasteiger partial charge < -0.3 is 10.5 Å². The van der Waals surface area contributed by atoms with Crippen molar-refractivity contribution in [2.24, 2.45) is 5.73 Å². The standard InChI is InChI=1S/C18H22BrFN2O3S/c1-18(21,16-10-14(19)6-9-17(16)20)12-26(23,24)22(2)11-13-4-7-15(25-3)8-5-13/h4-10H,11-12,21H2,1-3H3/t18-/m0/s1. The van der Waals surface area contributed by atoms with E-state index in [0.29, 0.717) is 10.2 Å². The number of halogens is 2. The predicted octanol–water partition coefficient (Wildman–Crippen LogP) is 3.23. The molecule has 0 amide bonds. The lowest BCUT2D eigenvalue weighted by atomic mass is 9.95. The van der Waals surface area contributed by atoms with E-state index in [4.69, 9.17) is 10.5 Å². The van der Waals surface area contributed by atoms with Gasteiger partial charge >= 0.3 is 0 Å². The van der Waals surface area contributed by atoms with Crippen molar-refractivity contribution in [3.63, 3.8) is 0 Å². The van der Waals surface area contributed by atoms with E-state index in [1.165, 1.54) is 30.4 Å². The number of rotatable bonds is 7. The van der Waals surface area contributed by atoms with Crippen LogP contribution in [0.4, 0.5) is 4.39 Å². The monoisotopic (exact) mass is 444 g/mol. The van der Waals surface area contributed by atoms with E-state index in [9.17, 15) is 12.8 Å². The van der Waals surface area contributed by atoms with Gasteiger partial charge in [-0.2, -0.15) is 0 Å². The van der Waals surface area contributed by atoms with E-state index >= 15 is 0 Å². The van der Waals surface area contributed by atoms with Crippen LogP contribution >= 0.6 is 15.9 Å². The van der Waals surface area contributed by atoms with Gasteiger partial charge in [0.2, 0.25) is 10.0 Å². The SMILES string of the molecule is COc1ccc(CN(C)S(=O)(=O)C[C@](C)(N)c2cc(Br)ccc2F)cc1. The molecule has 5 nitrogen and oxygen atoms in total. The molecule has 0 fully saturated rings. The topological polar surface area (TPSA) is 72.6 Å². The molecule has 26 heavy (non-hydrogen) atoms. The smallest absolute Gasteiger partial charge is 0.216 e. The molecule has 142 valence electrons. The molecule has 8 heteroatoms. The van der Waals surface area contributed by atoms with E-state index in [1.54, 1.807) is 37.4 Å². The second-order valence-corrected chi connectivity index (χ2v) is 9.39. The Bertz CT molecular complexity index is 871. The fraction of sp³-hybridized carbons (Fsp3) is 0.333. The maximum absolute atomic E-state index is 14.1. The van der Waals surface area contributed by atoms with Crippen molar-refractivity contribution in [2.75, 3.05) is 19.9 Å². The highest BCUT2D eigenvalue weighted by molar-refractivity contribution is 9.10. The lowest BCUT2D eigenvalue weighted by molar-refractivity contribution is 0.414. The van der Waals surface area contributed by atoms with Gasteiger partial charge in [0.1, 0.15) is 11.6 Å². The Kier molecular flexibility index (Phi) is 6.44. The van der Waals surface area contributed by atoms with E-state index in [0.717, 1.165) is 5.56 Å². The average Bonchev–Trinajstić information content (AvgIpc) is 2.56. The minimum atomic E-state index is -3.71. The summed E-state index contributed by atoms with van der Waals surface area (Å²) in [5.41, 5.74) is 5.76. The molecule has 0 spiro atoms. The van der Waals surface area contributed by atoms with Gasteiger partial charge in [-0.05, 0) is 42.8 Å². The van der Waals surface area contributed by atoms with Gasteiger partial charge in [0, 0.05) is 23.6 Å². The second-order valence-electron chi connectivity index (χ2n) is 6.40. The molecular formula is C18H22BrFN2O3S. The summed E-state index contributed by atoms with van der Waals surface area (Å²) in [6, 6.07) is 11.4. The quantitative estimate of drug-likeness (QED) is 0.711. The van der Waals surface area contributed by atoms with Crippen LogP contribution in [0, 0.1) is 5.82 Å². The first-order valence-electron chi connectivity index (χ1n) is 7.86. The molecule has 0 saturated carbocycles. The number of hydrogen-bond donors (Lipinski definition) is 1. The molecule has 0 heterocycles. The van der Waals surface area contributed by atoms with Gasteiger partial charge in [-0.1, -0.05) is 28.1 Å². The summed E-state index contributed by atoms with van der Waals surface area (Å²) < 4.78 is 46.5. The third-order valence-corrected chi connectivity index (χ3v) is 6.60. The third-order valence-electron chi connectivity index (χ3n) is 4.07. The minimum absolute atomic E-state index is 0.147. The number of ether oxygens (including phenoxy) is 1. The fourth-order valence-electron chi connectivity index (χ4n) is 2.59. The molecular weight excluding hydrogens is 423 g/mol. The third kappa shape index (κ3) is 5.03. The number of benzene rings is 2. The fourth-order valence-corrected chi connectivity index (χ4v) is 4.43. The van der Waals surface area contributed by atoms with Gasteiger partial charge in [0.05, 0.1) is 18.4 Å². The van der Waals surface area contributed by atoms with Crippen LogP contribution in [-0.2, 0) is 22.1 Å². The van der Waals surface area contributed by atoms with Gasteiger partial charge in [-0.15, -0.1) is 0 Å². The zero-order valence-electron chi connectivity index (χ0n) is 14.9. The van der Waals surface area contributed by atoms with Crippen LogP contribution in [0.15, 0.2) is 46.9 Å². The molecule has 0 unspecified atom stereocenters. The molecule has 0 radical (unpaired) electrons. The average molecular weight is 445 g/mol. The molecule has 0 aliphatic carbocycles. The van der Waals surface area contributed by atoms with Crippen LogP contribution in [0.5, 0.6) is 5.75 Å². The molecule has 2 aromatic rings. The van der Waals surface area contributed by atoms with Gasteiger partial charge in [-0.25, -0.2) is 17.1 Å². The van der Waals surface area contributed by atoms with Crippen molar-refractivity contribution in [3.8, 4) is 5.75 Å². The van der Waals surface area contributed by atoms with Gasteiger partial charge in [0.15, 0.2) is 0 Å². The Balaban J connectivity index is 2.18. The summed E-state index contributed by atoms with van der Waals surface area (Å²) in [6.07, 6.45) is 0. The first kappa shape index (κ1) is 20.8. The van der Waals surface area contributed by atoms with Gasteiger partial charge in [0.25, 0.3) is 0 Å². The van der Waals surface area contributed by atoms with Crippen molar-refractivity contribution < 1.29 is 17.5 Å². The maximum atomic E-state index is 14.1. The van der Waals surface area contributed by atoms with E-state index in [1.807, 2.05) is 0 Å². The molecule has 0 aromatic heterocycles. The van der Waals surface area contributed by atoms with Crippen LogP contribution in [0.3, 0.4) is 0 Å². The molecule has 2 aromatic carbocycles. The Labute approximate surface area is 162 Å². The van der Waals surface area contributed by atoms with Gasteiger partial charge in [-0.3, -0.25) is 0 Å². The minimum Gasteiger partial charge on any atom is -0.497 e. The van der Waals surface area contributed by atoms with E-state index < -0.39 is 27.1 Å². The Hall–Kier alpha value is -1.48.